The average molecular weight is 626 g/mol. The van der Waals surface area contributed by atoms with Gasteiger partial charge in [-0.3, -0.25) is 40.0 Å². The number of anilines is 3. The number of rotatable bonds is 7. The van der Waals surface area contributed by atoms with Crippen LogP contribution < -0.4 is 15.6 Å². The molecule has 1 atom stereocenters. The van der Waals surface area contributed by atoms with E-state index in [1.807, 2.05) is 0 Å². The fourth-order valence-corrected chi connectivity index (χ4v) is 4.57. The number of amides is 3. The van der Waals surface area contributed by atoms with E-state index in [1.165, 1.54) is 36.4 Å². The number of hydrogen-bond donors (Lipinski definition) is 2. The number of nitrogens with one attached hydrogen (secondary N) is 2. The normalized spacial score (nSPS) is 15.8. The van der Waals surface area contributed by atoms with Gasteiger partial charge in [0.1, 0.15) is 11.4 Å². The van der Waals surface area contributed by atoms with Crippen molar-refractivity contribution in [1.82, 2.24) is 0 Å². The molecule has 2 N–H and O–H groups in total. The van der Waals surface area contributed by atoms with Gasteiger partial charge in [0, 0.05) is 16.1 Å². The lowest BCUT2D eigenvalue weighted by Crippen LogP contribution is -2.35. The van der Waals surface area contributed by atoms with Gasteiger partial charge in [-0.2, -0.15) is 5.10 Å². The number of hydrogen-bond acceptors (Lipinski definition) is 9. The fraction of sp³-hybridized carbons (Fsp3) is 0.0435. The zero-order chi connectivity index (χ0) is 29.3. The number of nitro groups is 2. The number of carbonyl (C=O) groups is 3. The number of halogens is 4. The summed E-state index contributed by atoms with van der Waals surface area (Å²) in [5.74, 6) is -5.01. The minimum absolute atomic E-state index is 0.0355. The lowest BCUT2D eigenvalue weighted by atomic mass is 10.0. The van der Waals surface area contributed by atoms with E-state index in [4.69, 9.17) is 46.4 Å². The summed E-state index contributed by atoms with van der Waals surface area (Å²) in [6.45, 7) is 0. The summed E-state index contributed by atoms with van der Waals surface area (Å²) in [6.07, 6.45) is 0. The molecule has 17 heteroatoms. The van der Waals surface area contributed by atoms with E-state index in [9.17, 15) is 34.6 Å². The molecule has 0 aliphatic carbocycles. The maximum Gasteiger partial charge on any atom is 0.301 e. The first kappa shape index (κ1) is 28.7. The number of non-ortho nitro benzene ring substituents is 1. The maximum absolute atomic E-state index is 13.4. The van der Waals surface area contributed by atoms with Crippen LogP contribution in [0.15, 0.2) is 59.7 Å². The predicted octanol–water partition coefficient (Wildman–Crippen LogP) is 5.71. The van der Waals surface area contributed by atoms with Gasteiger partial charge in [0.05, 0.1) is 37.3 Å². The molecule has 0 bridgehead atoms. The van der Waals surface area contributed by atoms with Crippen LogP contribution in [0.5, 0.6) is 0 Å². The molecule has 1 saturated heterocycles. The van der Waals surface area contributed by atoms with Crippen LogP contribution in [0.1, 0.15) is 0 Å². The molecule has 1 aliphatic heterocycles. The molecule has 204 valence electrons. The number of nitro benzene ring substituents is 2. The molecule has 3 amide bonds. The zero-order valence-electron chi connectivity index (χ0n) is 19.4. The van der Waals surface area contributed by atoms with Crippen LogP contribution in [0.3, 0.4) is 0 Å². The van der Waals surface area contributed by atoms with Gasteiger partial charge in [-0.25, -0.2) is 4.90 Å². The number of imide groups is 1. The lowest BCUT2D eigenvalue weighted by Gasteiger charge is -2.16. The van der Waals surface area contributed by atoms with Gasteiger partial charge in [-0.1, -0.05) is 46.4 Å². The van der Waals surface area contributed by atoms with Crippen molar-refractivity contribution in [2.45, 2.75) is 0 Å². The van der Waals surface area contributed by atoms with Gasteiger partial charge in [0.15, 0.2) is 5.92 Å². The number of carbonyl (C=O) groups excluding carboxylic acids is 3. The van der Waals surface area contributed by atoms with E-state index in [0.717, 1.165) is 12.1 Å². The molecule has 1 aliphatic rings. The van der Waals surface area contributed by atoms with E-state index in [2.05, 4.69) is 15.8 Å². The molecule has 4 rings (SSSR count). The van der Waals surface area contributed by atoms with Crippen molar-refractivity contribution in [3.63, 3.8) is 0 Å². The van der Waals surface area contributed by atoms with Crippen LogP contribution in [0, 0.1) is 26.1 Å². The minimum Gasteiger partial charge on any atom is -0.324 e. The van der Waals surface area contributed by atoms with Crippen LogP contribution in [-0.2, 0) is 14.4 Å². The summed E-state index contributed by atoms with van der Waals surface area (Å²) in [6, 6.07) is 10.7. The molecule has 3 aromatic carbocycles. The van der Waals surface area contributed by atoms with E-state index in [-0.39, 0.29) is 37.2 Å². The topological polar surface area (TPSA) is 177 Å². The van der Waals surface area contributed by atoms with Crippen molar-refractivity contribution in [3.05, 3.63) is 94.9 Å². The highest BCUT2D eigenvalue weighted by atomic mass is 35.5. The van der Waals surface area contributed by atoms with Gasteiger partial charge >= 0.3 is 5.69 Å². The second kappa shape index (κ2) is 11.4. The third-order valence-corrected chi connectivity index (χ3v) is 6.54. The van der Waals surface area contributed by atoms with Crippen molar-refractivity contribution >= 4 is 98.3 Å². The molecule has 1 fully saturated rings. The monoisotopic (exact) mass is 624 g/mol. The van der Waals surface area contributed by atoms with E-state index in [1.54, 1.807) is 0 Å². The van der Waals surface area contributed by atoms with Crippen molar-refractivity contribution in [1.29, 1.82) is 0 Å². The largest absolute Gasteiger partial charge is 0.324 e. The molecule has 0 radical (unpaired) electrons. The van der Waals surface area contributed by atoms with Crippen molar-refractivity contribution in [2.24, 2.45) is 11.0 Å². The predicted molar refractivity (Wildman–Crippen MR) is 148 cm³/mol. The van der Waals surface area contributed by atoms with Crippen LogP contribution in [0.2, 0.25) is 20.1 Å². The van der Waals surface area contributed by atoms with Crippen molar-refractivity contribution < 1.29 is 24.2 Å². The Morgan fingerprint density at radius 3 is 2.08 bits per heavy atom. The van der Waals surface area contributed by atoms with Gasteiger partial charge in [0.25, 0.3) is 17.5 Å². The first-order chi connectivity index (χ1) is 18.9. The Bertz CT molecular complexity index is 1650. The van der Waals surface area contributed by atoms with E-state index < -0.39 is 50.6 Å². The Balaban J connectivity index is 1.77. The van der Waals surface area contributed by atoms with E-state index >= 15 is 0 Å². The summed E-state index contributed by atoms with van der Waals surface area (Å²) >= 11 is 24.1. The molecular formula is C23H12Cl4N6O7. The van der Waals surface area contributed by atoms with Gasteiger partial charge in [0.2, 0.25) is 5.91 Å². The third-order valence-electron chi connectivity index (χ3n) is 5.45. The van der Waals surface area contributed by atoms with Crippen molar-refractivity contribution in [3.8, 4) is 0 Å². The Kier molecular flexibility index (Phi) is 8.21. The summed E-state index contributed by atoms with van der Waals surface area (Å²) < 4.78 is 0. The Labute approximate surface area is 243 Å². The third kappa shape index (κ3) is 5.67. The van der Waals surface area contributed by atoms with Crippen molar-refractivity contribution in [2.75, 3.05) is 15.6 Å². The second-order valence-corrected chi connectivity index (χ2v) is 9.63. The minimum atomic E-state index is -1.87. The summed E-state index contributed by atoms with van der Waals surface area (Å²) in [5.41, 5.74) is -0.107. The van der Waals surface area contributed by atoms with Crippen LogP contribution in [0.4, 0.5) is 28.4 Å². The Morgan fingerprint density at radius 2 is 1.48 bits per heavy atom. The van der Waals surface area contributed by atoms with E-state index in [0.29, 0.717) is 11.0 Å². The van der Waals surface area contributed by atoms with Gasteiger partial charge < -0.3 is 5.32 Å². The first-order valence-electron chi connectivity index (χ1n) is 10.7. The van der Waals surface area contributed by atoms with Gasteiger partial charge in [-0.05, 0) is 42.5 Å². The molecule has 13 nitrogen and oxygen atoms in total. The van der Waals surface area contributed by atoms with Crippen LogP contribution in [-0.4, -0.2) is 33.3 Å². The Hall–Kier alpha value is -4.30. The summed E-state index contributed by atoms with van der Waals surface area (Å²) in [7, 11) is 0. The highest BCUT2D eigenvalue weighted by Crippen LogP contribution is 2.35. The molecule has 0 spiro atoms. The lowest BCUT2D eigenvalue weighted by molar-refractivity contribution is -0.393. The average Bonchev–Trinajstić information content (AvgIpc) is 3.13. The maximum atomic E-state index is 13.4. The smallest absolute Gasteiger partial charge is 0.301 e. The standard InChI is InChI=1S/C23H12Cl4N6O7/c24-10-1-4-15(13(26)7-10)28-21(34)19-20(23(36)31(22(19)35)17-6-2-11(25)8-14(17)27)30-29-16-5-3-12(32(37)38)9-18(16)33(39)40/h1-9,19,29H,(H,28,34)/b30-20-. The first-order valence-corrected chi connectivity index (χ1v) is 12.3. The molecule has 0 aromatic heterocycles. The Morgan fingerprint density at radius 1 is 0.850 bits per heavy atom. The summed E-state index contributed by atoms with van der Waals surface area (Å²) in [4.78, 5) is 61.5. The quantitative estimate of drug-likeness (QED) is 0.145. The number of benzene rings is 3. The summed E-state index contributed by atoms with van der Waals surface area (Å²) in [5, 5.41) is 29.2. The van der Waals surface area contributed by atoms with Crippen LogP contribution in [0.25, 0.3) is 0 Å². The molecule has 1 heterocycles. The molecule has 1 unspecified atom stereocenters. The SMILES string of the molecule is O=C(Nc1ccc(Cl)cc1Cl)C1C(=O)N(c2ccc(Cl)cc2Cl)C(=O)/C1=N\Nc1ccc([N+](=O)[O-])cc1[N+](=O)[O-]. The molecular weight excluding hydrogens is 614 g/mol. The highest BCUT2D eigenvalue weighted by molar-refractivity contribution is 6.62. The molecule has 40 heavy (non-hydrogen) atoms. The van der Waals surface area contributed by atoms with Gasteiger partial charge in [-0.15, -0.1) is 0 Å². The molecule has 0 saturated carbocycles. The number of hydrazone groups is 1. The molecule has 3 aromatic rings. The van der Waals surface area contributed by atoms with Crippen LogP contribution >= 0.6 is 46.4 Å². The highest BCUT2D eigenvalue weighted by Gasteiger charge is 2.50. The zero-order valence-corrected chi connectivity index (χ0v) is 22.5. The fourth-order valence-electron chi connectivity index (χ4n) is 3.62. The second-order valence-electron chi connectivity index (χ2n) is 7.95. The number of nitrogens with zero attached hydrogens (tertiary/aromatic N) is 4.